The summed E-state index contributed by atoms with van der Waals surface area (Å²) in [5, 5.41) is 10.2. The van der Waals surface area contributed by atoms with Crippen LogP contribution in [0.5, 0.6) is 11.5 Å². The number of carbonyl (C=O) groups is 2. The highest BCUT2D eigenvalue weighted by Crippen LogP contribution is 2.64. The highest BCUT2D eigenvalue weighted by molar-refractivity contribution is 5.77. The van der Waals surface area contributed by atoms with Crippen LogP contribution in [0, 0.1) is 11.8 Å². The van der Waals surface area contributed by atoms with Gasteiger partial charge >= 0.3 is 5.97 Å². The topological polar surface area (TPSA) is 79.3 Å². The van der Waals surface area contributed by atoms with Gasteiger partial charge in [0, 0.05) is 49.4 Å². The molecular formula is C44H62N2O5. The number of rotatable bonds is 19. The number of amides is 1. The van der Waals surface area contributed by atoms with Gasteiger partial charge in [-0.2, -0.15) is 0 Å². The Morgan fingerprint density at radius 3 is 2.43 bits per heavy atom. The summed E-state index contributed by atoms with van der Waals surface area (Å²) in [6.07, 6.45) is 19.3. The summed E-state index contributed by atoms with van der Waals surface area (Å²) < 4.78 is 12.9. The monoisotopic (exact) mass is 698 g/mol. The van der Waals surface area contributed by atoms with Crippen LogP contribution in [0.4, 0.5) is 0 Å². The van der Waals surface area contributed by atoms with Crippen molar-refractivity contribution in [2.24, 2.45) is 11.8 Å². The third kappa shape index (κ3) is 7.76. The Labute approximate surface area is 306 Å². The molecule has 2 aromatic rings. The van der Waals surface area contributed by atoms with E-state index in [1.807, 2.05) is 6.07 Å². The van der Waals surface area contributed by atoms with E-state index < -0.39 is 0 Å². The van der Waals surface area contributed by atoms with Crippen molar-refractivity contribution in [3.8, 4) is 11.5 Å². The smallest absolute Gasteiger partial charge is 0.308 e. The van der Waals surface area contributed by atoms with Crippen LogP contribution in [0.3, 0.4) is 0 Å². The fourth-order valence-electron chi connectivity index (χ4n) is 10.6. The standard InChI is InChI=1S/C44H62N2O5/c1-3-4-16-26-46(40(49)20-15-10-8-6-5-7-9-12-17-32-18-13-11-14-19-32)36-23-22-35-37-28-33-21-24-39(50-31(2)47)42-41(33)44(35,43(36)51-42)25-27-45(37)30-34-29-38(34)48/h11,13-14,18-19,21,24,34-38,43,48H,3-10,12,15-17,20,22-23,25-30H2,1-2H3/t34?,35-,36+,37+,38?,43-,44-/m0/s1. The lowest BCUT2D eigenvalue weighted by atomic mass is 9.51. The average molecular weight is 699 g/mol. The summed E-state index contributed by atoms with van der Waals surface area (Å²) in [7, 11) is 0. The number of carbonyl (C=O) groups excluding carboxylic acids is 2. The Morgan fingerprint density at radius 1 is 0.961 bits per heavy atom. The molecule has 0 aromatic heterocycles. The number of aliphatic hydroxyl groups excluding tert-OH is 1. The lowest BCUT2D eigenvalue weighted by Gasteiger charge is -2.60. The zero-order valence-corrected chi connectivity index (χ0v) is 31.3. The second-order valence-corrected chi connectivity index (χ2v) is 16.5. The van der Waals surface area contributed by atoms with Crippen molar-refractivity contribution >= 4 is 11.9 Å². The molecule has 2 bridgehead atoms. The first-order chi connectivity index (χ1) is 24.9. The van der Waals surface area contributed by atoms with Gasteiger partial charge in [0.1, 0.15) is 6.10 Å². The number of hydrogen-bond acceptors (Lipinski definition) is 6. The van der Waals surface area contributed by atoms with Crippen molar-refractivity contribution < 1.29 is 24.2 Å². The van der Waals surface area contributed by atoms with Gasteiger partial charge in [-0.3, -0.25) is 14.5 Å². The Kier molecular flexibility index (Phi) is 11.7. The average Bonchev–Trinajstić information content (AvgIpc) is 3.71. The summed E-state index contributed by atoms with van der Waals surface area (Å²) in [4.78, 5) is 31.4. The lowest BCUT2D eigenvalue weighted by molar-refractivity contribution is -0.143. The van der Waals surface area contributed by atoms with Gasteiger partial charge in [0.25, 0.3) is 0 Å². The molecule has 2 saturated carbocycles. The maximum Gasteiger partial charge on any atom is 0.308 e. The van der Waals surface area contributed by atoms with Gasteiger partial charge in [0.2, 0.25) is 5.91 Å². The zero-order chi connectivity index (χ0) is 35.4. The summed E-state index contributed by atoms with van der Waals surface area (Å²) in [5.74, 6) is 2.07. The largest absolute Gasteiger partial charge is 0.483 e. The quantitative estimate of drug-likeness (QED) is 0.0906. The lowest BCUT2D eigenvalue weighted by Crippen LogP contribution is -2.69. The second-order valence-electron chi connectivity index (χ2n) is 16.5. The minimum Gasteiger partial charge on any atom is -0.483 e. The van der Waals surface area contributed by atoms with Crippen LogP contribution in [0.15, 0.2) is 42.5 Å². The van der Waals surface area contributed by atoms with Crippen molar-refractivity contribution in [1.29, 1.82) is 0 Å². The first-order valence-corrected chi connectivity index (χ1v) is 20.7. The highest BCUT2D eigenvalue weighted by Gasteiger charge is 2.67. The molecule has 5 aliphatic rings. The highest BCUT2D eigenvalue weighted by atomic mass is 16.6. The van der Waals surface area contributed by atoms with Gasteiger partial charge in [0.05, 0.1) is 12.1 Å². The number of aryl methyl sites for hydroxylation is 1. The van der Waals surface area contributed by atoms with Gasteiger partial charge in [-0.05, 0) is 87.4 Å². The van der Waals surface area contributed by atoms with Gasteiger partial charge in [-0.25, -0.2) is 0 Å². The van der Waals surface area contributed by atoms with Crippen LogP contribution in [-0.2, 0) is 27.8 Å². The number of hydrogen-bond donors (Lipinski definition) is 1. The number of nitrogens with zero attached hydrogens (tertiary/aromatic N) is 2. The van der Waals surface area contributed by atoms with Gasteiger partial charge < -0.3 is 19.5 Å². The Balaban J connectivity index is 1.00. The van der Waals surface area contributed by atoms with Crippen molar-refractivity contribution in [2.75, 3.05) is 19.6 Å². The van der Waals surface area contributed by atoms with Gasteiger partial charge in [-0.15, -0.1) is 0 Å². The molecule has 2 unspecified atom stereocenters. The van der Waals surface area contributed by atoms with Crippen LogP contribution in [0.2, 0.25) is 0 Å². The maximum atomic E-state index is 14.2. The van der Waals surface area contributed by atoms with Crippen LogP contribution in [0.25, 0.3) is 0 Å². The molecule has 2 heterocycles. The van der Waals surface area contributed by atoms with Crippen molar-refractivity contribution in [3.05, 3.63) is 59.2 Å². The van der Waals surface area contributed by atoms with Crippen LogP contribution >= 0.6 is 0 Å². The Hall–Kier alpha value is -2.90. The van der Waals surface area contributed by atoms with Gasteiger partial charge in [-0.1, -0.05) is 94.7 Å². The van der Waals surface area contributed by atoms with Crippen molar-refractivity contribution in [3.63, 3.8) is 0 Å². The minimum absolute atomic E-state index is 0.0162. The van der Waals surface area contributed by atoms with E-state index in [0.717, 1.165) is 89.6 Å². The molecule has 0 radical (unpaired) electrons. The first-order valence-electron chi connectivity index (χ1n) is 20.7. The zero-order valence-electron chi connectivity index (χ0n) is 31.3. The number of unbranched alkanes of at least 4 members (excludes halogenated alkanes) is 9. The molecule has 278 valence electrons. The van der Waals surface area contributed by atoms with Gasteiger partial charge in [0.15, 0.2) is 11.5 Å². The van der Waals surface area contributed by atoms with E-state index in [1.165, 1.54) is 68.6 Å². The molecule has 1 amide bonds. The molecular weight excluding hydrogens is 636 g/mol. The minimum atomic E-state index is -0.332. The maximum absolute atomic E-state index is 14.2. The number of likely N-dealkylation sites (tertiary alicyclic amines) is 1. The third-order valence-corrected chi connectivity index (χ3v) is 13.2. The van der Waals surface area contributed by atoms with Crippen molar-refractivity contribution in [2.45, 2.75) is 159 Å². The Bertz CT molecular complexity index is 1500. The molecule has 1 saturated heterocycles. The number of ether oxygens (including phenoxy) is 2. The van der Waals surface area contributed by atoms with E-state index in [4.69, 9.17) is 9.47 Å². The summed E-state index contributed by atoms with van der Waals surface area (Å²) in [5.41, 5.74) is 3.84. The number of piperidine rings is 1. The fourth-order valence-corrected chi connectivity index (χ4v) is 10.6. The van der Waals surface area contributed by atoms with E-state index >= 15 is 0 Å². The molecule has 7 atom stereocenters. The predicted octanol–water partition coefficient (Wildman–Crippen LogP) is 8.17. The summed E-state index contributed by atoms with van der Waals surface area (Å²) >= 11 is 0. The molecule has 3 aliphatic carbocycles. The third-order valence-electron chi connectivity index (χ3n) is 13.2. The molecule has 2 aliphatic heterocycles. The second kappa shape index (κ2) is 16.4. The fraction of sp³-hybridized carbons (Fsp3) is 0.682. The molecule has 1 N–H and O–H groups in total. The molecule has 51 heavy (non-hydrogen) atoms. The predicted molar refractivity (Wildman–Crippen MR) is 201 cm³/mol. The van der Waals surface area contributed by atoms with Crippen LogP contribution in [0.1, 0.15) is 133 Å². The van der Waals surface area contributed by atoms with E-state index in [-0.39, 0.29) is 29.6 Å². The van der Waals surface area contributed by atoms with E-state index in [2.05, 4.69) is 53.1 Å². The molecule has 3 fully saturated rings. The molecule has 7 heteroatoms. The molecule has 1 spiro atoms. The van der Waals surface area contributed by atoms with Crippen LogP contribution < -0.4 is 9.47 Å². The van der Waals surface area contributed by atoms with E-state index in [0.29, 0.717) is 36.0 Å². The normalized spacial score (nSPS) is 28.5. The molecule has 7 nitrogen and oxygen atoms in total. The summed E-state index contributed by atoms with van der Waals surface area (Å²) in [6.45, 7) is 6.42. The number of aliphatic hydroxyl groups is 1. The first kappa shape index (κ1) is 36.5. The van der Waals surface area contributed by atoms with E-state index in [9.17, 15) is 14.7 Å². The Morgan fingerprint density at radius 2 is 1.71 bits per heavy atom. The molecule has 2 aromatic carbocycles. The van der Waals surface area contributed by atoms with Crippen LogP contribution in [-0.4, -0.2) is 70.7 Å². The summed E-state index contributed by atoms with van der Waals surface area (Å²) in [6, 6.07) is 15.3. The SMILES string of the molecule is CCCCCN(C(=O)CCCCCCCCCCc1ccccc1)[C@@H]1CC[C@H]2[C@H]3Cc4ccc(OC(C)=O)c5c4[C@@]2(CCN3CC2CC2O)[C@H]1O5. The molecule has 7 rings (SSSR count). The van der Waals surface area contributed by atoms with E-state index in [1.54, 1.807) is 0 Å². The number of benzene rings is 2. The number of esters is 1. The van der Waals surface area contributed by atoms with Crippen molar-refractivity contribution in [1.82, 2.24) is 9.80 Å².